The van der Waals surface area contributed by atoms with Crippen LogP contribution in [0.3, 0.4) is 0 Å². The quantitative estimate of drug-likeness (QED) is 0.798. The van der Waals surface area contributed by atoms with Crippen LogP contribution in [0.2, 0.25) is 0 Å². The van der Waals surface area contributed by atoms with Crippen molar-refractivity contribution in [2.24, 2.45) is 0 Å². The molecule has 1 heterocycles. The van der Waals surface area contributed by atoms with E-state index >= 15 is 0 Å². The summed E-state index contributed by atoms with van der Waals surface area (Å²) in [6.07, 6.45) is -0.333. The molecule has 0 saturated carbocycles. The van der Waals surface area contributed by atoms with Gasteiger partial charge in [0.15, 0.2) is 0 Å². The number of nitrogens with one attached hydrogen (secondary N) is 1. The molecule has 1 aliphatic heterocycles. The van der Waals surface area contributed by atoms with E-state index in [1.807, 2.05) is 25.1 Å². The van der Waals surface area contributed by atoms with E-state index in [0.29, 0.717) is 0 Å². The van der Waals surface area contributed by atoms with Gasteiger partial charge in [0.2, 0.25) is 0 Å². The van der Waals surface area contributed by atoms with Crippen LogP contribution in [0.15, 0.2) is 30.3 Å². The first-order valence-electron chi connectivity index (χ1n) is 5.97. The fraction of sp³-hybridized carbons (Fsp3) is 0.538. The lowest BCUT2D eigenvalue weighted by Crippen LogP contribution is -2.47. The standard InChI is InChI=1S/C13H20N2O/c1-11(16)13(12-5-3-2-4-6-12)15-9-7-14-8-10-15/h2-6,11,13-14,16H,7-10H2,1H3/t11?,13-/m1/s1. The van der Waals surface area contributed by atoms with Crippen LogP contribution in [-0.4, -0.2) is 42.3 Å². The second-order valence-electron chi connectivity index (χ2n) is 4.38. The second kappa shape index (κ2) is 5.43. The fourth-order valence-corrected chi connectivity index (χ4v) is 2.40. The third kappa shape index (κ3) is 2.61. The summed E-state index contributed by atoms with van der Waals surface area (Å²) in [5.74, 6) is 0. The van der Waals surface area contributed by atoms with Crippen molar-refractivity contribution in [2.75, 3.05) is 26.2 Å². The van der Waals surface area contributed by atoms with Crippen LogP contribution in [0.5, 0.6) is 0 Å². The summed E-state index contributed by atoms with van der Waals surface area (Å²) in [4.78, 5) is 2.36. The topological polar surface area (TPSA) is 35.5 Å². The van der Waals surface area contributed by atoms with Gasteiger partial charge in [0.25, 0.3) is 0 Å². The van der Waals surface area contributed by atoms with Gasteiger partial charge in [-0.25, -0.2) is 0 Å². The Morgan fingerprint density at radius 1 is 1.19 bits per heavy atom. The fourth-order valence-electron chi connectivity index (χ4n) is 2.40. The van der Waals surface area contributed by atoms with Crippen molar-refractivity contribution in [3.05, 3.63) is 35.9 Å². The predicted octanol–water partition coefficient (Wildman–Crippen LogP) is 1.01. The lowest BCUT2D eigenvalue weighted by atomic mass is 10.00. The highest BCUT2D eigenvalue weighted by atomic mass is 16.3. The number of piperazine rings is 1. The average molecular weight is 220 g/mol. The molecule has 88 valence electrons. The number of rotatable bonds is 3. The van der Waals surface area contributed by atoms with E-state index in [4.69, 9.17) is 0 Å². The molecule has 0 amide bonds. The van der Waals surface area contributed by atoms with Gasteiger partial charge in [-0.2, -0.15) is 0 Å². The molecule has 0 aromatic heterocycles. The molecule has 1 aromatic carbocycles. The smallest absolute Gasteiger partial charge is 0.0708 e. The van der Waals surface area contributed by atoms with Gasteiger partial charge in [-0.05, 0) is 12.5 Å². The van der Waals surface area contributed by atoms with Crippen LogP contribution in [0.1, 0.15) is 18.5 Å². The van der Waals surface area contributed by atoms with Crippen LogP contribution in [0.25, 0.3) is 0 Å². The Hall–Kier alpha value is -0.900. The monoisotopic (exact) mass is 220 g/mol. The van der Waals surface area contributed by atoms with E-state index in [1.54, 1.807) is 0 Å². The lowest BCUT2D eigenvalue weighted by Gasteiger charge is -2.36. The van der Waals surface area contributed by atoms with E-state index in [9.17, 15) is 5.11 Å². The van der Waals surface area contributed by atoms with Gasteiger partial charge < -0.3 is 10.4 Å². The van der Waals surface area contributed by atoms with Gasteiger partial charge in [-0.1, -0.05) is 30.3 Å². The zero-order chi connectivity index (χ0) is 11.4. The Balaban J connectivity index is 2.16. The first kappa shape index (κ1) is 11.6. The van der Waals surface area contributed by atoms with Crippen LogP contribution < -0.4 is 5.32 Å². The maximum Gasteiger partial charge on any atom is 0.0708 e. The predicted molar refractivity (Wildman–Crippen MR) is 65.3 cm³/mol. The molecule has 1 fully saturated rings. The van der Waals surface area contributed by atoms with E-state index in [0.717, 1.165) is 26.2 Å². The molecule has 2 N–H and O–H groups in total. The summed E-state index contributed by atoms with van der Waals surface area (Å²) in [6, 6.07) is 10.4. The lowest BCUT2D eigenvalue weighted by molar-refractivity contribution is 0.0525. The molecule has 0 spiro atoms. The molecule has 1 aliphatic rings. The molecule has 3 heteroatoms. The maximum absolute atomic E-state index is 9.96. The Morgan fingerprint density at radius 2 is 1.81 bits per heavy atom. The highest BCUT2D eigenvalue weighted by molar-refractivity contribution is 5.20. The molecule has 2 rings (SSSR count). The van der Waals surface area contributed by atoms with Crippen molar-refractivity contribution in [3.63, 3.8) is 0 Å². The molecule has 1 aromatic rings. The second-order valence-corrected chi connectivity index (χ2v) is 4.38. The number of benzene rings is 1. The summed E-state index contributed by atoms with van der Waals surface area (Å²) in [6.45, 7) is 5.90. The van der Waals surface area contributed by atoms with Crippen LogP contribution in [0, 0.1) is 0 Å². The third-order valence-electron chi connectivity index (χ3n) is 3.14. The first-order valence-corrected chi connectivity index (χ1v) is 5.97. The summed E-state index contributed by atoms with van der Waals surface area (Å²) < 4.78 is 0. The van der Waals surface area contributed by atoms with E-state index < -0.39 is 0 Å². The zero-order valence-electron chi connectivity index (χ0n) is 9.76. The van der Waals surface area contributed by atoms with E-state index in [1.165, 1.54) is 5.56 Å². The zero-order valence-corrected chi connectivity index (χ0v) is 9.76. The largest absolute Gasteiger partial charge is 0.391 e. The Kier molecular flexibility index (Phi) is 3.93. The van der Waals surface area contributed by atoms with Crippen LogP contribution in [-0.2, 0) is 0 Å². The van der Waals surface area contributed by atoms with Gasteiger partial charge >= 0.3 is 0 Å². The molecule has 1 unspecified atom stereocenters. The normalized spacial score (nSPS) is 21.6. The maximum atomic E-state index is 9.96. The van der Waals surface area contributed by atoms with Crippen molar-refractivity contribution >= 4 is 0 Å². The number of hydrogen-bond donors (Lipinski definition) is 2. The Bertz CT molecular complexity index is 307. The van der Waals surface area contributed by atoms with E-state index in [2.05, 4.69) is 22.3 Å². The molecular formula is C13H20N2O. The summed E-state index contributed by atoms with van der Waals surface area (Å²) in [5, 5.41) is 13.3. The first-order chi connectivity index (χ1) is 7.79. The highest BCUT2D eigenvalue weighted by Gasteiger charge is 2.25. The highest BCUT2D eigenvalue weighted by Crippen LogP contribution is 2.24. The van der Waals surface area contributed by atoms with Crippen molar-refractivity contribution in [3.8, 4) is 0 Å². The number of nitrogens with zero attached hydrogens (tertiary/aromatic N) is 1. The van der Waals surface area contributed by atoms with Crippen molar-refractivity contribution in [1.82, 2.24) is 10.2 Å². The van der Waals surface area contributed by atoms with Crippen LogP contribution >= 0.6 is 0 Å². The van der Waals surface area contributed by atoms with E-state index in [-0.39, 0.29) is 12.1 Å². The minimum Gasteiger partial charge on any atom is -0.391 e. The van der Waals surface area contributed by atoms with Gasteiger partial charge in [0, 0.05) is 26.2 Å². The summed E-state index contributed by atoms with van der Waals surface area (Å²) in [5.41, 5.74) is 1.21. The van der Waals surface area contributed by atoms with Crippen LogP contribution in [0.4, 0.5) is 0 Å². The molecular weight excluding hydrogens is 200 g/mol. The number of hydrogen-bond acceptors (Lipinski definition) is 3. The summed E-state index contributed by atoms with van der Waals surface area (Å²) in [7, 11) is 0. The molecule has 0 aliphatic carbocycles. The average Bonchev–Trinajstić information content (AvgIpc) is 2.31. The van der Waals surface area contributed by atoms with Gasteiger partial charge in [0.1, 0.15) is 0 Å². The van der Waals surface area contributed by atoms with Crippen molar-refractivity contribution in [2.45, 2.75) is 19.1 Å². The number of aliphatic hydroxyl groups excluding tert-OH is 1. The molecule has 0 bridgehead atoms. The molecule has 16 heavy (non-hydrogen) atoms. The van der Waals surface area contributed by atoms with Crippen molar-refractivity contribution in [1.29, 1.82) is 0 Å². The van der Waals surface area contributed by atoms with Gasteiger partial charge in [0.05, 0.1) is 12.1 Å². The van der Waals surface area contributed by atoms with Crippen molar-refractivity contribution < 1.29 is 5.11 Å². The minimum absolute atomic E-state index is 0.128. The van der Waals surface area contributed by atoms with Gasteiger partial charge in [-0.15, -0.1) is 0 Å². The number of aliphatic hydroxyl groups is 1. The summed E-state index contributed by atoms with van der Waals surface area (Å²) >= 11 is 0. The molecule has 1 saturated heterocycles. The minimum atomic E-state index is -0.333. The molecule has 0 radical (unpaired) electrons. The van der Waals surface area contributed by atoms with Gasteiger partial charge in [-0.3, -0.25) is 4.90 Å². The molecule has 3 nitrogen and oxygen atoms in total. The SMILES string of the molecule is CC(O)[C@H](c1ccccc1)N1CCNCC1. The Morgan fingerprint density at radius 3 is 2.38 bits per heavy atom. The molecule has 2 atom stereocenters. The third-order valence-corrected chi connectivity index (χ3v) is 3.14. The Labute approximate surface area is 97.1 Å².